The maximum atomic E-state index is 12.0. The van der Waals surface area contributed by atoms with Crippen molar-refractivity contribution in [3.05, 3.63) is 16.8 Å². The van der Waals surface area contributed by atoms with Gasteiger partial charge in [-0.15, -0.1) is 5.10 Å². The second-order valence-electron chi connectivity index (χ2n) is 3.36. The van der Waals surface area contributed by atoms with Gasteiger partial charge in [-0.1, -0.05) is 12.2 Å². The first-order valence-corrected chi connectivity index (χ1v) is 4.96. The van der Waals surface area contributed by atoms with Gasteiger partial charge in [-0.3, -0.25) is 0 Å². The minimum Gasteiger partial charge on any atom is -0.466 e. The number of halogens is 3. The molecule has 17 heavy (non-hydrogen) atoms. The Morgan fingerprint density at radius 1 is 1.35 bits per heavy atom. The van der Waals surface area contributed by atoms with Gasteiger partial charge in [0.15, 0.2) is 6.61 Å². The minimum absolute atomic E-state index is 0.0716. The first-order valence-electron chi connectivity index (χ1n) is 4.55. The molecule has 0 aliphatic carbocycles. The van der Waals surface area contributed by atoms with Gasteiger partial charge in [0.05, 0.1) is 11.3 Å². The highest BCUT2D eigenvalue weighted by Crippen LogP contribution is 2.23. The van der Waals surface area contributed by atoms with E-state index in [0.717, 1.165) is 0 Å². The molecular weight excluding hydrogens is 255 g/mol. The number of nitrogens with zero attached hydrogens (tertiary/aromatic N) is 2. The number of aromatic nitrogens is 2. The summed E-state index contributed by atoms with van der Waals surface area (Å²) in [6.07, 6.45) is -4.45. The Morgan fingerprint density at radius 2 is 1.94 bits per heavy atom. The molecule has 8 heteroatoms. The number of thiocarbonyl (C=S) groups is 1. The molecule has 0 radical (unpaired) electrons. The van der Waals surface area contributed by atoms with E-state index in [-0.39, 0.29) is 16.4 Å². The van der Waals surface area contributed by atoms with Crippen LogP contribution in [0.1, 0.15) is 16.8 Å². The van der Waals surface area contributed by atoms with E-state index in [4.69, 9.17) is 18.0 Å². The number of ether oxygens (including phenoxy) is 1. The number of aryl methyl sites for hydroxylation is 1. The lowest BCUT2D eigenvalue weighted by Crippen LogP contribution is -2.23. The van der Waals surface area contributed by atoms with Gasteiger partial charge in [0.2, 0.25) is 5.88 Å². The standard InChI is InChI=1S/C9H10F3N3OS/c1-4-5(2)14-15-8(6(4)7(13)17)16-3-9(10,11)12/h3H2,1-2H3,(H2,13,17). The smallest absolute Gasteiger partial charge is 0.422 e. The third kappa shape index (κ3) is 3.52. The highest BCUT2D eigenvalue weighted by Gasteiger charge is 2.29. The van der Waals surface area contributed by atoms with Crippen LogP contribution in [0.3, 0.4) is 0 Å². The number of hydrogen-bond acceptors (Lipinski definition) is 4. The lowest BCUT2D eigenvalue weighted by molar-refractivity contribution is -0.154. The molecule has 1 aromatic heterocycles. The maximum absolute atomic E-state index is 12.0. The molecule has 1 heterocycles. The molecule has 0 fully saturated rings. The van der Waals surface area contributed by atoms with Gasteiger partial charge < -0.3 is 10.5 Å². The molecular formula is C9H10F3N3OS. The van der Waals surface area contributed by atoms with Gasteiger partial charge in [-0.05, 0) is 19.4 Å². The van der Waals surface area contributed by atoms with Crippen LogP contribution in [0.15, 0.2) is 0 Å². The normalized spacial score (nSPS) is 11.4. The Morgan fingerprint density at radius 3 is 2.41 bits per heavy atom. The fourth-order valence-corrected chi connectivity index (χ4v) is 1.37. The molecule has 0 saturated heterocycles. The molecule has 0 saturated carbocycles. The van der Waals surface area contributed by atoms with Crippen molar-refractivity contribution in [2.75, 3.05) is 6.61 Å². The van der Waals surface area contributed by atoms with E-state index < -0.39 is 12.8 Å². The fraction of sp³-hybridized carbons (Fsp3) is 0.444. The average molecular weight is 265 g/mol. The van der Waals surface area contributed by atoms with Crippen LogP contribution in [0.5, 0.6) is 5.88 Å². The maximum Gasteiger partial charge on any atom is 0.422 e. The van der Waals surface area contributed by atoms with Crippen molar-refractivity contribution in [2.45, 2.75) is 20.0 Å². The zero-order valence-electron chi connectivity index (χ0n) is 9.13. The first-order chi connectivity index (χ1) is 7.72. The predicted molar refractivity (Wildman–Crippen MR) is 58.9 cm³/mol. The van der Waals surface area contributed by atoms with Crippen molar-refractivity contribution < 1.29 is 17.9 Å². The number of alkyl halides is 3. The van der Waals surface area contributed by atoms with Gasteiger partial charge in [0.1, 0.15) is 4.99 Å². The molecule has 0 bridgehead atoms. The molecule has 0 atom stereocenters. The molecule has 0 aliphatic rings. The summed E-state index contributed by atoms with van der Waals surface area (Å²) < 4.78 is 40.6. The van der Waals surface area contributed by atoms with E-state index >= 15 is 0 Å². The molecule has 0 unspecified atom stereocenters. The molecule has 94 valence electrons. The van der Waals surface area contributed by atoms with Crippen LogP contribution >= 0.6 is 12.2 Å². The summed E-state index contributed by atoms with van der Waals surface area (Å²) in [5, 5.41) is 7.19. The fourth-order valence-electron chi connectivity index (χ4n) is 1.13. The van der Waals surface area contributed by atoms with Crippen LogP contribution in [0, 0.1) is 13.8 Å². The second-order valence-corrected chi connectivity index (χ2v) is 3.80. The van der Waals surface area contributed by atoms with Crippen molar-refractivity contribution in [2.24, 2.45) is 5.73 Å². The van der Waals surface area contributed by atoms with E-state index in [1.807, 2.05) is 0 Å². The molecule has 1 aromatic rings. The van der Waals surface area contributed by atoms with Gasteiger partial charge in [-0.2, -0.15) is 18.3 Å². The largest absolute Gasteiger partial charge is 0.466 e. The molecule has 1 rings (SSSR count). The summed E-state index contributed by atoms with van der Waals surface area (Å²) in [6, 6.07) is 0. The van der Waals surface area contributed by atoms with Crippen LogP contribution in [-0.2, 0) is 0 Å². The van der Waals surface area contributed by atoms with Crippen molar-refractivity contribution in [3.8, 4) is 5.88 Å². The SMILES string of the molecule is Cc1nnc(OCC(F)(F)F)c(C(N)=S)c1C. The van der Waals surface area contributed by atoms with Gasteiger partial charge >= 0.3 is 6.18 Å². The van der Waals surface area contributed by atoms with Crippen molar-refractivity contribution in [1.29, 1.82) is 0 Å². The molecule has 0 aliphatic heterocycles. The van der Waals surface area contributed by atoms with E-state index in [1.165, 1.54) is 0 Å². The first kappa shape index (κ1) is 13.6. The van der Waals surface area contributed by atoms with Gasteiger partial charge in [-0.25, -0.2) is 0 Å². The summed E-state index contributed by atoms with van der Waals surface area (Å²) in [6.45, 7) is 1.83. The van der Waals surface area contributed by atoms with E-state index in [2.05, 4.69) is 14.9 Å². The Kier molecular flexibility index (Phi) is 3.87. The van der Waals surface area contributed by atoms with E-state index in [9.17, 15) is 13.2 Å². The number of rotatable bonds is 3. The molecule has 0 spiro atoms. The quantitative estimate of drug-likeness (QED) is 0.842. The lowest BCUT2D eigenvalue weighted by Gasteiger charge is -2.13. The molecule has 2 N–H and O–H groups in total. The van der Waals surface area contributed by atoms with Crippen LogP contribution in [0.4, 0.5) is 13.2 Å². The molecule has 0 aromatic carbocycles. The van der Waals surface area contributed by atoms with Crippen LogP contribution in [0.25, 0.3) is 0 Å². The van der Waals surface area contributed by atoms with Gasteiger partial charge in [0, 0.05) is 0 Å². The zero-order chi connectivity index (χ0) is 13.2. The number of hydrogen-bond donors (Lipinski definition) is 1. The third-order valence-corrected chi connectivity index (χ3v) is 2.25. The summed E-state index contributed by atoms with van der Waals surface area (Å²) in [7, 11) is 0. The van der Waals surface area contributed by atoms with E-state index in [0.29, 0.717) is 11.3 Å². The van der Waals surface area contributed by atoms with Crippen LogP contribution in [0.2, 0.25) is 0 Å². The summed E-state index contributed by atoms with van der Waals surface area (Å²) in [4.78, 5) is -0.0716. The summed E-state index contributed by atoms with van der Waals surface area (Å²) in [5.74, 6) is -0.294. The Hall–Kier alpha value is -1.44. The van der Waals surface area contributed by atoms with E-state index in [1.54, 1.807) is 13.8 Å². The highest BCUT2D eigenvalue weighted by atomic mass is 32.1. The minimum atomic E-state index is -4.45. The van der Waals surface area contributed by atoms with Crippen molar-refractivity contribution >= 4 is 17.2 Å². The monoisotopic (exact) mass is 265 g/mol. The van der Waals surface area contributed by atoms with Gasteiger partial charge in [0.25, 0.3) is 0 Å². The van der Waals surface area contributed by atoms with Crippen LogP contribution < -0.4 is 10.5 Å². The van der Waals surface area contributed by atoms with Crippen molar-refractivity contribution in [1.82, 2.24) is 10.2 Å². The summed E-state index contributed by atoms with van der Waals surface area (Å²) >= 11 is 4.75. The molecule has 0 amide bonds. The lowest BCUT2D eigenvalue weighted by atomic mass is 10.1. The Bertz CT molecular complexity index is 448. The summed E-state index contributed by atoms with van der Waals surface area (Å²) in [5.41, 5.74) is 6.71. The second kappa shape index (κ2) is 4.82. The van der Waals surface area contributed by atoms with Crippen LogP contribution in [-0.4, -0.2) is 28.0 Å². The van der Waals surface area contributed by atoms with Crippen molar-refractivity contribution in [3.63, 3.8) is 0 Å². The Labute approximate surface area is 101 Å². The third-order valence-electron chi connectivity index (χ3n) is 2.04. The zero-order valence-corrected chi connectivity index (χ0v) is 9.95. The Balaban J connectivity index is 3.08. The topological polar surface area (TPSA) is 61.0 Å². The number of nitrogens with two attached hydrogens (primary N) is 1. The average Bonchev–Trinajstić information content (AvgIpc) is 2.18. The highest BCUT2D eigenvalue weighted by molar-refractivity contribution is 7.80. The molecule has 4 nitrogen and oxygen atoms in total. The predicted octanol–water partition coefficient (Wildman–Crippen LogP) is 1.67.